The maximum atomic E-state index is 14.0. The maximum absolute atomic E-state index is 14.0. The highest BCUT2D eigenvalue weighted by Gasteiger charge is 2.27. The van der Waals surface area contributed by atoms with Crippen LogP contribution in [0.4, 0.5) is 4.39 Å². The number of hydrogen-bond donors (Lipinski definition) is 0. The Bertz CT molecular complexity index is 927. The molecule has 2 saturated heterocycles. The third-order valence-corrected chi connectivity index (χ3v) is 6.27. The van der Waals surface area contributed by atoms with Crippen molar-refractivity contribution in [2.75, 3.05) is 66.6 Å². The Morgan fingerprint density at radius 3 is 2.36 bits per heavy atom. The smallest absolute Gasteiger partial charge is 0.256 e. The number of carbonyl (C=O) groups is 1. The summed E-state index contributed by atoms with van der Waals surface area (Å²) in [5.74, 6) is 0.879. The molecule has 2 aromatic rings. The van der Waals surface area contributed by atoms with Gasteiger partial charge in [-0.3, -0.25) is 14.6 Å². The molecule has 0 radical (unpaired) electrons. The summed E-state index contributed by atoms with van der Waals surface area (Å²) in [4.78, 5) is 19.1. The van der Waals surface area contributed by atoms with Crippen LogP contribution in [0.25, 0.3) is 0 Å². The van der Waals surface area contributed by atoms with E-state index in [1.54, 1.807) is 37.3 Å². The number of hydrogen-bond acceptors (Lipinski definition) is 6. The topological polar surface area (TPSA) is 54.5 Å². The van der Waals surface area contributed by atoms with Crippen LogP contribution in [0.15, 0.2) is 42.5 Å². The molecule has 2 aliphatic heterocycles. The largest absolute Gasteiger partial charge is 0.497 e. The Kier molecular flexibility index (Phi) is 7.80. The number of nitrogens with zero attached hydrogens (tertiary/aromatic N) is 3. The van der Waals surface area contributed by atoms with Gasteiger partial charge in [0.15, 0.2) is 0 Å². The summed E-state index contributed by atoms with van der Waals surface area (Å²) in [6, 6.07) is 12.1. The Morgan fingerprint density at radius 2 is 1.70 bits per heavy atom. The summed E-state index contributed by atoms with van der Waals surface area (Å²) < 4.78 is 30.8. The first-order valence-corrected chi connectivity index (χ1v) is 11.4. The van der Waals surface area contributed by atoms with E-state index in [-0.39, 0.29) is 17.6 Å². The van der Waals surface area contributed by atoms with E-state index in [0.717, 1.165) is 56.3 Å². The van der Waals surface area contributed by atoms with Crippen LogP contribution >= 0.6 is 0 Å². The number of methoxy groups -OCH3 is 2. The fraction of sp³-hybridized carbons (Fsp3) is 0.480. The van der Waals surface area contributed by atoms with Gasteiger partial charge in [0.05, 0.1) is 32.5 Å². The highest BCUT2D eigenvalue weighted by molar-refractivity contribution is 5.94. The normalized spacial score (nSPS) is 20.0. The van der Waals surface area contributed by atoms with E-state index in [4.69, 9.17) is 14.2 Å². The molecule has 4 rings (SSSR count). The van der Waals surface area contributed by atoms with E-state index in [9.17, 15) is 9.18 Å². The van der Waals surface area contributed by atoms with Crippen LogP contribution in [-0.2, 0) is 11.3 Å². The predicted molar refractivity (Wildman–Crippen MR) is 123 cm³/mol. The summed E-state index contributed by atoms with van der Waals surface area (Å²) in [7, 11) is 3.32. The van der Waals surface area contributed by atoms with Gasteiger partial charge in [0.2, 0.25) is 0 Å². The zero-order chi connectivity index (χ0) is 23.2. The number of rotatable bonds is 7. The molecule has 178 valence electrons. The second kappa shape index (κ2) is 11.0. The molecular formula is C25H32FN3O4. The third kappa shape index (κ3) is 6.01. The Hall–Kier alpha value is -2.68. The zero-order valence-electron chi connectivity index (χ0n) is 19.3. The average molecular weight is 458 g/mol. The van der Waals surface area contributed by atoms with Crippen LogP contribution in [-0.4, -0.2) is 93.4 Å². The lowest BCUT2D eigenvalue weighted by atomic mass is 10.1. The standard InChI is InChI=1S/C25H32FN3O4/c1-31-20-13-19(14-21(15-20)32-2)16-28-11-12-33-22(18-28)17-27-7-9-29(10-8-27)25(30)23-5-3-4-6-24(23)26/h3-6,13-15,22H,7-12,16-18H2,1-2H3/t22-/m0/s1. The van der Waals surface area contributed by atoms with Crippen molar-refractivity contribution in [3.63, 3.8) is 0 Å². The molecule has 7 nitrogen and oxygen atoms in total. The second-order valence-electron chi connectivity index (χ2n) is 8.52. The molecule has 2 fully saturated rings. The number of morpholine rings is 1. The van der Waals surface area contributed by atoms with Gasteiger partial charge >= 0.3 is 0 Å². The van der Waals surface area contributed by atoms with E-state index in [1.807, 2.05) is 18.2 Å². The van der Waals surface area contributed by atoms with Crippen molar-refractivity contribution in [2.45, 2.75) is 12.6 Å². The minimum absolute atomic E-state index is 0.111. The van der Waals surface area contributed by atoms with Gasteiger partial charge in [0.1, 0.15) is 17.3 Å². The van der Waals surface area contributed by atoms with Crippen LogP contribution in [0, 0.1) is 5.82 Å². The number of benzene rings is 2. The van der Waals surface area contributed by atoms with E-state index in [1.165, 1.54) is 6.07 Å². The van der Waals surface area contributed by atoms with Crippen molar-refractivity contribution in [3.8, 4) is 11.5 Å². The summed E-state index contributed by atoms with van der Waals surface area (Å²) in [5.41, 5.74) is 1.29. The van der Waals surface area contributed by atoms with Crippen molar-refractivity contribution in [1.82, 2.24) is 14.7 Å². The van der Waals surface area contributed by atoms with Crippen LogP contribution < -0.4 is 9.47 Å². The Morgan fingerprint density at radius 1 is 1.00 bits per heavy atom. The van der Waals surface area contributed by atoms with E-state index in [0.29, 0.717) is 19.7 Å². The molecule has 0 aromatic heterocycles. The van der Waals surface area contributed by atoms with Gasteiger partial charge in [-0.25, -0.2) is 4.39 Å². The van der Waals surface area contributed by atoms with Gasteiger partial charge in [-0.15, -0.1) is 0 Å². The van der Waals surface area contributed by atoms with Crippen molar-refractivity contribution < 1.29 is 23.4 Å². The fourth-order valence-electron chi connectivity index (χ4n) is 4.48. The number of ether oxygens (including phenoxy) is 3. The molecule has 0 spiro atoms. The molecule has 0 aliphatic carbocycles. The van der Waals surface area contributed by atoms with E-state index < -0.39 is 5.82 Å². The highest BCUT2D eigenvalue weighted by Crippen LogP contribution is 2.24. The number of amides is 1. The van der Waals surface area contributed by atoms with Gasteiger partial charge in [-0.2, -0.15) is 0 Å². The van der Waals surface area contributed by atoms with Crippen LogP contribution in [0.2, 0.25) is 0 Å². The molecule has 1 atom stereocenters. The number of halogens is 1. The molecule has 2 aliphatic rings. The lowest BCUT2D eigenvalue weighted by molar-refractivity contribution is -0.0497. The molecule has 0 N–H and O–H groups in total. The van der Waals surface area contributed by atoms with E-state index in [2.05, 4.69) is 9.80 Å². The molecule has 2 aromatic carbocycles. The van der Waals surface area contributed by atoms with Gasteiger partial charge in [-0.1, -0.05) is 12.1 Å². The van der Waals surface area contributed by atoms with Crippen molar-refractivity contribution in [3.05, 3.63) is 59.4 Å². The molecule has 0 unspecified atom stereocenters. The van der Waals surface area contributed by atoms with E-state index >= 15 is 0 Å². The average Bonchev–Trinajstić information content (AvgIpc) is 2.84. The lowest BCUT2D eigenvalue weighted by Gasteiger charge is -2.39. The first-order valence-electron chi connectivity index (χ1n) is 11.4. The SMILES string of the molecule is COc1cc(CN2CCO[C@@H](CN3CCN(C(=O)c4ccccc4F)CC3)C2)cc(OC)c1. The first kappa shape index (κ1) is 23.5. The maximum Gasteiger partial charge on any atom is 0.256 e. The minimum atomic E-state index is -0.464. The van der Waals surface area contributed by atoms with Gasteiger partial charge in [-0.05, 0) is 29.8 Å². The Balaban J connectivity index is 1.27. The summed E-state index contributed by atoms with van der Waals surface area (Å²) in [6.45, 7) is 6.73. The fourth-order valence-corrected chi connectivity index (χ4v) is 4.48. The number of piperazine rings is 1. The monoisotopic (exact) mass is 457 g/mol. The summed E-state index contributed by atoms with van der Waals surface area (Å²) >= 11 is 0. The molecule has 33 heavy (non-hydrogen) atoms. The Labute approximate surface area is 194 Å². The third-order valence-electron chi connectivity index (χ3n) is 6.27. The molecular weight excluding hydrogens is 425 g/mol. The molecule has 1 amide bonds. The number of carbonyl (C=O) groups excluding carboxylic acids is 1. The molecule has 8 heteroatoms. The van der Waals surface area contributed by atoms with Crippen molar-refractivity contribution in [1.29, 1.82) is 0 Å². The molecule has 0 saturated carbocycles. The molecule has 2 heterocycles. The van der Waals surface area contributed by atoms with Crippen LogP contribution in [0.3, 0.4) is 0 Å². The predicted octanol–water partition coefficient (Wildman–Crippen LogP) is 2.50. The summed E-state index contributed by atoms with van der Waals surface area (Å²) in [5, 5.41) is 0. The van der Waals surface area contributed by atoms with Gasteiger partial charge < -0.3 is 19.1 Å². The summed E-state index contributed by atoms with van der Waals surface area (Å²) in [6.07, 6.45) is 0.111. The van der Waals surface area contributed by atoms with Gasteiger partial charge in [0, 0.05) is 58.4 Å². The van der Waals surface area contributed by atoms with Crippen molar-refractivity contribution in [2.24, 2.45) is 0 Å². The zero-order valence-corrected chi connectivity index (χ0v) is 19.3. The lowest BCUT2D eigenvalue weighted by Crippen LogP contribution is -2.53. The van der Waals surface area contributed by atoms with Gasteiger partial charge in [0.25, 0.3) is 5.91 Å². The quantitative estimate of drug-likeness (QED) is 0.637. The molecule has 0 bridgehead atoms. The van der Waals surface area contributed by atoms with Crippen LogP contribution in [0.5, 0.6) is 11.5 Å². The van der Waals surface area contributed by atoms with Crippen LogP contribution in [0.1, 0.15) is 15.9 Å². The van der Waals surface area contributed by atoms with Crippen molar-refractivity contribution >= 4 is 5.91 Å². The minimum Gasteiger partial charge on any atom is -0.497 e. The first-order chi connectivity index (χ1) is 16.1. The second-order valence-corrected chi connectivity index (χ2v) is 8.52. The highest BCUT2D eigenvalue weighted by atomic mass is 19.1.